The molecule has 160 valence electrons. The van der Waals surface area contributed by atoms with Crippen LogP contribution >= 0.6 is 0 Å². The second kappa shape index (κ2) is 7.79. The molecule has 1 aromatic carbocycles. The summed E-state index contributed by atoms with van der Waals surface area (Å²) in [6.07, 6.45) is 4.14. The van der Waals surface area contributed by atoms with Crippen molar-refractivity contribution < 1.29 is 23.6 Å². The van der Waals surface area contributed by atoms with E-state index >= 15 is 4.39 Å². The van der Waals surface area contributed by atoms with Gasteiger partial charge in [-0.1, -0.05) is 12.8 Å². The summed E-state index contributed by atoms with van der Waals surface area (Å²) in [5.41, 5.74) is 0.296. The lowest BCUT2D eigenvalue weighted by Crippen LogP contribution is -2.54. The van der Waals surface area contributed by atoms with E-state index in [0.717, 1.165) is 36.6 Å². The summed E-state index contributed by atoms with van der Waals surface area (Å²) in [4.78, 5) is 52.1. The molecule has 4 rings (SSSR count). The zero-order valence-electron chi connectivity index (χ0n) is 17.0. The Kier molecular flexibility index (Phi) is 5.31. The van der Waals surface area contributed by atoms with E-state index in [9.17, 15) is 19.2 Å². The fourth-order valence-corrected chi connectivity index (χ4v) is 4.84. The van der Waals surface area contributed by atoms with Crippen molar-refractivity contribution >= 4 is 29.3 Å². The fraction of sp³-hybridized carbons (Fsp3) is 0.524. The van der Waals surface area contributed by atoms with Gasteiger partial charge in [0.15, 0.2) is 0 Å². The maximum absolute atomic E-state index is 15.0. The first kappa shape index (κ1) is 20.5. The topological polar surface area (TPSA) is 98.8 Å². The summed E-state index contributed by atoms with van der Waals surface area (Å²) >= 11 is 0. The van der Waals surface area contributed by atoms with Crippen LogP contribution in [-0.2, 0) is 9.59 Å². The van der Waals surface area contributed by atoms with Crippen molar-refractivity contribution in [3.63, 3.8) is 0 Å². The van der Waals surface area contributed by atoms with Gasteiger partial charge in [0.05, 0.1) is 16.8 Å². The molecular formula is C21H25FN4O4. The Balaban J connectivity index is 1.65. The molecule has 1 saturated heterocycles. The van der Waals surface area contributed by atoms with Crippen LogP contribution in [0.3, 0.4) is 0 Å². The lowest BCUT2D eigenvalue weighted by Gasteiger charge is -2.39. The molecule has 2 aliphatic heterocycles. The summed E-state index contributed by atoms with van der Waals surface area (Å²) in [5, 5.41) is 5.44. The molecule has 9 heteroatoms. The van der Waals surface area contributed by atoms with Gasteiger partial charge in [0.25, 0.3) is 11.8 Å². The van der Waals surface area contributed by atoms with Gasteiger partial charge in [-0.05, 0) is 38.4 Å². The van der Waals surface area contributed by atoms with Crippen LogP contribution < -0.4 is 15.5 Å². The number of imide groups is 2. The van der Waals surface area contributed by atoms with Crippen molar-refractivity contribution in [2.24, 2.45) is 0 Å². The average Bonchev–Trinajstić information content (AvgIpc) is 2.96. The molecule has 1 aromatic rings. The Morgan fingerprint density at radius 2 is 1.73 bits per heavy atom. The third-order valence-electron chi connectivity index (χ3n) is 6.48. The maximum Gasteiger partial charge on any atom is 0.262 e. The molecule has 3 atom stereocenters. The van der Waals surface area contributed by atoms with E-state index in [1.54, 1.807) is 7.05 Å². The average molecular weight is 416 g/mol. The molecule has 0 bridgehead atoms. The number of anilines is 1. The Morgan fingerprint density at radius 1 is 1.07 bits per heavy atom. The SMILES string of the molecule is CNC1CCCC[C@H]1N(C)c1cc2c(cc1F)C(=O)N(C1CCC(=O)NC1=O)C2=O. The number of nitrogens with one attached hydrogen (secondary N) is 2. The van der Waals surface area contributed by atoms with Crippen molar-refractivity contribution in [2.75, 3.05) is 19.0 Å². The van der Waals surface area contributed by atoms with Crippen molar-refractivity contribution in [3.05, 3.63) is 29.1 Å². The lowest BCUT2D eigenvalue weighted by molar-refractivity contribution is -0.136. The summed E-state index contributed by atoms with van der Waals surface area (Å²) < 4.78 is 15.0. The fourth-order valence-electron chi connectivity index (χ4n) is 4.84. The van der Waals surface area contributed by atoms with Gasteiger partial charge in [0.2, 0.25) is 11.8 Å². The van der Waals surface area contributed by atoms with Gasteiger partial charge in [-0.2, -0.15) is 0 Å². The van der Waals surface area contributed by atoms with Crippen molar-refractivity contribution in [1.82, 2.24) is 15.5 Å². The minimum Gasteiger partial charge on any atom is -0.368 e. The van der Waals surface area contributed by atoms with Crippen LogP contribution in [0.15, 0.2) is 12.1 Å². The number of nitrogens with zero attached hydrogens (tertiary/aromatic N) is 2. The number of amides is 4. The zero-order chi connectivity index (χ0) is 21.6. The van der Waals surface area contributed by atoms with Gasteiger partial charge < -0.3 is 10.2 Å². The maximum atomic E-state index is 15.0. The first-order valence-corrected chi connectivity index (χ1v) is 10.3. The van der Waals surface area contributed by atoms with E-state index in [4.69, 9.17) is 0 Å². The highest BCUT2D eigenvalue weighted by Gasteiger charge is 2.45. The van der Waals surface area contributed by atoms with Crippen LogP contribution in [0.5, 0.6) is 0 Å². The highest BCUT2D eigenvalue weighted by molar-refractivity contribution is 6.23. The number of piperidine rings is 1. The number of carbonyl (C=O) groups is 4. The van der Waals surface area contributed by atoms with Gasteiger partial charge in [-0.3, -0.25) is 29.4 Å². The minimum atomic E-state index is -1.06. The molecule has 8 nitrogen and oxygen atoms in total. The summed E-state index contributed by atoms with van der Waals surface area (Å²) in [6.45, 7) is 0. The molecule has 3 aliphatic rings. The monoisotopic (exact) mass is 416 g/mol. The Bertz CT molecular complexity index is 934. The smallest absolute Gasteiger partial charge is 0.262 e. The first-order chi connectivity index (χ1) is 14.3. The van der Waals surface area contributed by atoms with Crippen LogP contribution in [0.4, 0.5) is 10.1 Å². The molecule has 30 heavy (non-hydrogen) atoms. The third kappa shape index (κ3) is 3.27. The van der Waals surface area contributed by atoms with Gasteiger partial charge in [-0.15, -0.1) is 0 Å². The Morgan fingerprint density at radius 3 is 2.40 bits per heavy atom. The molecule has 2 N–H and O–H groups in total. The number of benzene rings is 1. The van der Waals surface area contributed by atoms with Gasteiger partial charge in [0.1, 0.15) is 11.9 Å². The number of likely N-dealkylation sites (N-methyl/N-ethyl adjacent to an activating group) is 2. The zero-order valence-corrected chi connectivity index (χ0v) is 17.0. The molecule has 2 unspecified atom stereocenters. The normalized spacial score (nSPS) is 26.6. The second-order valence-electron chi connectivity index (χ2n) is 8.15. The third-order valence-corrected chi connectivity index (χ3v) is 6.48. The highest BCUT2D eigenvalue weighted by Crippen LogP contribution is 2.34. The quantitative estimate of drug-likeness (QED) is 0.716. The van der Waals surface area contributed by atoms with Crippen LogP contribution in [0.1, 0.15) is 59.2 Å². The van der Waals surface area contributed by atoms with E-state index < -0.39 is 35.5 Å². The highest BCUT2D eigenvalue weighted by atomic mass is 19.1. The van der Waals surface area contributed by atoms with Gasteiger partial charge in [0, 0.05) is 25.6 Å². The molecule has 2 fully saturated rings. The number of hydrogen-bond acceptors (Lipinski definition) is 6. The first-order valence-electron chi connectivity index (χ1n) is 10.3. The Hall–Kier alpha value is -2.81. The molecule has 0 aromatic heterocycles. The van der Waals surface area contributed by atoms with E-state index in [1.807, 2.05) is 11.9 Å². The van der Waals surface area contributed by atoms with Crippen molar-refractivity contribution in [2.45, 2.75) is 56.7 Å². The van der Waals surface area contributed by atoms with Gasteiger partial charge in [-0.25, -0.2) is 4.39 Å². The predicted molar refractivity (Wildman–Crippen MR) is 107 cm³/mol. The van der Waals surface area contributed by atoms with Crippen LogP contribution in [-0.4, -0.2) is 60.7 Å². The molecule has 4 amide bonds. The standard InChI is InChI=1S/C21H25FN4O4/c1-23-14-5-3-4-6-15(14)25(2)17-10-12-11(9-13(17)22)20(29)26(21(12)30)16-7-8-18(27)24-19(16)28/h9-10,14-16,23H,3-8H2,1-2H3,(H,24,27,28)/t14?,15-,16?/m1/s1. The van der Waals surface area contributed by atoms with Gasteiger partial charge >= 0.3 is 0 Å². The van der Waals surface area contributed by atoms with Crippen molar-refractivity contribution in [1.29, 1.82) is 0 Å². The summed E-state index contributed by atoms with van der Waals surface area (Å²) in [6, 6.07) is 1.71. The van der Waals surface area contributed by atoms with Crippen LogP contribution in [0, 0.1) is 5.82 Å². The van der Waals surface area contributed by atoms with Crippen LogP contribution in [0.2, 0.25) is 0 Å². The molecule has 1 saturated carbocycles. The molecule has 0 radical (unpaired) electrons. The lowest BCUT2D eigenvalue weighted by atomic mass is 9.89. The van der Waals surface area contributed by atoms with E-state index in [2.05, 4.69) is 10.6 Å². The van der Waals surface area contributed by atoms with E-state index in [-0.39, 0.29) is 41.7 Å². The molecule has 0 spiro atoms. The van der Waals surface area contributed by atoms with E-state index in [1.165, 1.54) is 6.07 Å². The number of rotatable bonds is 4. The second-order valence-corrected chi connectivity index (χ2v) is 8.15. The van der Waals surface area contributed by atoms with E-state index in [0.29, 0.717) is 0 Å². The Labute approximate surface area is 173 Å². The molecular weight excluding hydrogens is 391 g/mol. The predicted octanol–water partition coefficient (Wildman–Crippen LogP) is 1.19. The number of carbonyl (C=O) groups excluding carboxylic acids is 4. The summed E-state index contributed by atoms with van der Waals surface area (Å²) in [5.74, 6) is -3.04. The number of fused-ring (bicyclic) bond motifs is 1. The minimum absolute atomic E-state index is 0.0409. The molecule has 1 aliphatic carbocycles. The molecule has 2 heterocycles. The largest absolute Gasteiger partial charge is 0.368 e. The number of hydrogen-bond donors (Lipinski definition) is 2. The van der Waals surface area contributed by atoms with Crippen LogP contribution in [0.25, 0.3) is 0 Å². The summed E-state index contributed by atoms with van der Waals surface area (Å²) in [7, 11) is 3.68. The van der Waals surface area contributed by atoms with Crippen molar-refractivity contribution in [3.8, 4) is 0 Å². The number of halogens is 1.